The Kier molecular flexibility index (Phi) is 4.35. The summed E-state index contributed by atoms with van der Waals surface area (Å²) in [5.74, 6) is -4.03. The minimum absolute atomic E-state index is 0.0188. The van der Waals surface area contributed by atoms with Crippen molar-refractivity contribution < 1.29 is 23.1 Å². The highest BCUT2D eigenvalue weighted by atomic mass is 19.3. The molecule has 120 valence electrons. The summed E-state index contributed by atoms with van der Waals surface area (Å²) in [6.45, 7) is 0.365. The third-order valence-corrected chi connectivity index (χ3v) is 3.67. The fraction of sp³-hybridized carbons (Fsp3) is 0.467. The number of amides is 2. The predicted octanol–water partition coefficient (Wildman–Crippen LogP) is 2.16. The van der Waals surface area contributed by atoms with Gasteiger partial charge in [0.05, 0.1) is 12.0 Å². The van der Waals surface area contributed by atoms with Crippen molar-refractivity contribution in [2.24, 2.45) is 11.1 Å². The van der Waals surface area contributed by atoms with E-state index >= 15 is 0 Å². The van der Waals surface area contributed by atoms with Crippen LogP contribution in [0.25, 0.3) is 0 Å². The summed E-state index contributed by atoms with van der Waals surface area (Å²) >= 11 is 0. The van der Waals surface area contributed by atoms with Crippen molar-refractivity contribution in [1.82, 2.24) is 4.90 Å². The molecule has 1 fully saturated rings. The highest BCUT2D eigenvalue weighted by molar-refractivity contribution is 5.82. The summed E-state index contributed by atoms with van der Waals surface area (Å²) in [7, 11) is 0. The van der Waals surface area contributed by atoms with Crippen molar-refractivity contribution >= 4 is 12.0 Å². The first-order valence-corrected chi connectivity index (χ1v) is 6.85. The SMILES string of the molecule is CC1(C(N)=O)CN(C(=O)OCc2ccccc2)CC(F)(F)C1. The molecule has 0 aliphatic carbocycles. The highest BCUT2D eigenvalue weighted by Gasteiger charge is 2.51. The van der Waals surface area contributed by atoms with Crippen LogP contribution in [-0.4, -0.2) is 35.9 Å². The lowest BCUT2D eigenvalue weighted by Gasteiger charge is -2.41. The third-order valence-electron chi connectivity index (χ3n) is 3.67. The van der Waals surface area contributed by atoms with Crippen LogP contribution in [0.4, 0.5) is 13.6 Å². The van der Waals surface area contributed by atoms with Crippen molar-refractivity contribution in [1.29, 1.82) is 0 Å². The van der Waals surface area contributed by atoms with Gasteiger partial charge in [0.1, 0.15) is 6.61 Å². The minimum atomic E-state index is -3.17. The Bertz CT molecular complexity index is 565. The summed E-state index contributed by atoms with van der Waals surface area (Å²) in [4.78, 5) is 24.3. The Balaban J connectivity index is 2.03. The van der Waals surface area contributed by atoms with E-state index in [0.29, 0.717) is 0 Å². The van der Waals surface area contributed by atoms with Gasteiger partial charge in [0.15, 0.2) is 0 Å². The topological polar surface area (TPSA) is 72.6 Å². The van der Waals surface area contributed by atoms with Crippen molar-refractivity contribution in [3.63, 3.8) is 0 Å². The van der Waals surface area contributed by atoms with E-state index in [1.165, 1.54) is 6.92 Å². The van der Waals surface area contributed by atoms with E-state index in [1.807, 2.05) is 6.07 Å². The van der Waals surface area contributed by atoms with E-state index in [1.54, 1.807) is 24.3 Å². The molecule has 22 heavy (non-hydrogen) atoms. The molecule has 2 rings (SSSR count). The Hall–Kier alpha value is -2.18. The molecular formula is C15H18F2N2O3. The molecule has 5 nitrogen and oxygen atoms in total. The minimum Gasteiger partial charge on any atom is -0.445 e. The molecule has 1 aromatic carbocycles. The van der Waals surface area contributed by atoms with E-state index in [2.05, 4.69) is 0 Å². The second-order valence-electron chi connectivity index (χ2n) is 5.85. The average molecular weight is 312 g/mol. The fourth-order valence-corrected chi connectivity index (χ4v) is 2.54. The van der Waals surface area contributed by atoms with Crippen molar-refractivity contribution in [2.45, 2.75) is 25.9 Å². The normalized spacial score (nSPS) is 23.9. The molecule has 1 unspecified atom stereocenters. The lowest BCUT2D eigenvalue weighted by molar-refractivity contribution is -0.145. The van der Waals surface area contributed by atoms with Gasteiger partial charge in [-0.3, -0.25) is 4.79 Å². The first-order chi connectivity index (χ1) is 10.2. The third kappa shape index (κ3) is 3.72. The summed E-state index contributed by atoms with van der Waals surface area (Å²) in [5.41, 5.74) is 4.48. The number of primary amides is 1. The molecule has 1 saturated heterocycles. The molecule has 1 aliphatic heterocycles. The van der Waals surface area contributed by atoms with Crippen LogP contribution in [-0.2, 0) is 16.1 Å². The van der Waals surface area contributed by atoms with Gasteiger partial charge >= 0.3 is 6.09 Å². The van der Waals surface area contributed by atoms with Gasteiger partial charge in [-0.2, -0.15) is 0 Å². The Labute approximate surface area is 127 Å². The Morgan fingerprint density at radius 1 is 1.27 bits per heavy atom. The Morgan fingerprint density at radius 3 is 2.50 bits per heavy atom. The highest BCUT2D eigenvalue weighted by Crippen LogP contribution is 2.38. The smallest absolute Gasteiger partial charge is 0.410 e. The molecule has 0 aromatic heterocycles. The first-order valence-electron chi connectivity index (χ1n) is 6.85. The van der Waals surface area contributed by atoms with Gasteiger partial charge in [-0.25, -0.2) is 13.6 Å². The number of benzene rings is 1. The molecule has 1 heterocycles. The van der Waals surface area contributed by atoms with E-state index in [-0.39, 0.29) is 13.2 Å². The number of ether oxygens (including phenoxy) is 1. The molecule has 0 spiro atoms. The molecule has 1 aliphatic rings. The summed E-state index contributed by atoms with van der Waals surface area (Å²) in [6.07, 6.45) is -1.55. The largest absolute Gasteiger partial charge is 0.445 e. The summed E-state index contributed by atoms with van der Waals surface area (Å²) < 4.78 is 32.6. The number of hydrogen-bond acceptors (Lipinski definition) is 3. The lowest BCUT2D eigenvalue weighted by atomic mass is 9.79. The van der Waals surface area contributed by atoms with Gasteiger partial charge in [-0.15, -0.1) is 0 Å². The number of hydrogen-bond donors (Lipinski definition) is 1. The molecule has 2 amide bonds. The second-order valence-corrected chi connectivity index (χ2v) is 5.85. The van der Waals surface area contributed by atoms with Crippen LogP contribution < -0.4 is 5.73 Å². The van der Waals surface area contributed by atoms with Gasteiger partial charge in [0, 0.05) is 13.0 Å². The summed E-state index contributed by atoms with van der Waals surface area (Å²) in [5, 5.41) is 0. The first kappa shape index (κ1) is 16.2. The standard InChI is InChI=1S/C15H18F2N2O3/c1-14(12(18)20)8-15(16,17)10-19(9-14)13(21)22-7-11-5-3-2-4-6-11/h2-6H,7-10H2,1H3,(H2,18,20). The average Bonchev–Trinajstić information content (AvgIpc) is 2.43. The molecule has 2 N–H and O–H groups in total. The van der Waals surface area contributed by atoms with Gasteiger partial charge < -0.3 is 15.4 Å². The van der Waals surface area contributed by atoms with Crippen LogP contribution in [0.5, 0.6) is 0 Å². The molecule has 0 saturated carbocycles. The molecule has 1 aromatic rings. The number of alkyl halides is 2. The lowest BCUT2D eigenvalue weighted by Crippen LogP contribution is -2.57. The fourth-order valence-electron chi connectivity index (χ4n) is 2.54. The van der Waals surface area contributed by atoms with Gasteiger partial charge in [-0.1, -0.05) is 30.3 Å². The predicted molar refractivity (Wildman–Crippen MR) is 75.1 cm³/mol. The number of nitrogens with zero attached hydrogens (tertiary/aromatic N) is 1. The number of nitrogens with two attached hydrogens (primary N) is 1. The van der Waals surface area contributed by atoms with E-state index in [9.17, 15) is 18.4 Å². The maximum atomic E-state index is 13.8. The Morgan fingerprint density at radius 2 is 1.91 bits per heavy atom. The van der Waals surface area contributed by atoms with Crippen LogP contribution in [0.15, 0.2) is 30.3 Å². The van der Waals surface area contributed by atoms with Crippen LogP contribution in [0, 0.1) is 5.41 Å². The molecule has 1 atom stereocenters. The zero-order valence-electron chi connectivity index (χ0n) is 12.2. The zero-order valence-corrected chi connectivity index (χ0v) is 12.2. The number of carbonyl (C=O) groups is 2. The molecule has 0 bridgehead atoms. The van der Waals surface area contributed by atoms with Crippen LogP contribution >= 0.6 is 0 Å². The van der Waals surface area contributed by atoms with Crippen molar-refractivity contribution in [3.8, 4) is 0 Å². The molecule has 7 heteroatoms. The number of piperidine rings is 1. The molecule has 0 radical (unpaired) electrons. The van der Waals surface area contributed by atoms with Crippen LogP contribution in [0.2, 0.25) is 0 Å². The van der Waals surface area contributed by atoms with Gasteiger partial charge in [-0.05, 0) is 12.5 Å². The number of halogens is 2. The zero-order chi connectivity index (χ0) is 16.4. The van der Waals surface area contributed by atoms with Gasteiger partial charge in [0.25, 0.3) is 5.92 Å². The van der Waals surface area contributed by atoms with Crippen molar-refractivity contribution in [3.05, 3.63) is 35.9 Å². The van der Waals surface area contributed by atoms with Crippen LogP contribution in [0.3, 0.4) is 0 Å². The maximum Gasteiger partial charge on any atom is 0.410 e. The van der Waals surface area contributed by atoms with E-state index in [4.69, 9.17) is 10.5 Å². The number of rotatable bonds is 3. The number of likely N-dealkylation sites (tertiary alicyclic amines) is 1. The van der Waals surface area contributed by atoms with Crippen molar-refractivity contribution in [2.75, 3.05) is 13.1 Å². The summed E-state index contributed by atoms with van der Waals surface area (Å²) in [6, 6.07) is 8.89. The van der Waals surface area contributed by atoms with E-state index in [0.717, 1.165) is 10.5 Å². The van der Waals surface area contributed by atoms with Crippen LogP contribution in [0.1, 0.15) is 18.9 Å². The molecular weight excluding hydrogens is 294 g/mol. The number of carbonyl (C=O) groups excluding carboxylic acids is 2. The monoisotopic (exact) mass is 312 g/mol. The quantitative estimate of drug-likeness (QED) is 0.929. The van der Waals surface area contributed by atoms with E-state index < -0.39 is 36.3 Å². The second kappa shape index (κ2) is 5.90. The maximum absolute atomic E-state index is 13.8. The van der Waals surface area contributed by atoms with Gasteiger partial charge in [0.2, 0.25) is 5.91 Å².